The fourth-order valence-corrected chi connectivity index (χ4v) is 2.59. The molecule has 0 fully saturated rings. The molecule has 0 radical (unpaired) electrons. The van der Waals surface area contributed by atoms with Crippen molar-refractivity contribution in [3.8, 4) is 0 Å². The minimum Gasteiger partial charge on any atom is -1.00 e. The summed E-state index contributed by atoms with van der Waals surface area (Å²) in [6.07, 6.45) is 1.70. The number of halogens is 1. The molecule has 2 aromatic carbocycles. The summed E-state index contributed by atoms with van der Waals surface area (Å²) in [6, 6.07) is 16.0. The third-order valence-corrected chi connectivity index (χ3v) is 3.71. The summed E-state index contributed by atoms with van der Waals surface area (Å²) in [4.78, 5) is 24.9. The molecule has 6 heteroatoms. The van der Waals surface area contributed by atoms with E-state index in [2.05, 4.69) is 10.2 Å². The Balaban J connectivity index is 0.00000169. The normalized spacial score (nSPS) is 10.5. The van der Waals surface area contributed by atoms with E-state index in [0.717, 1.165) is 5.39 Å². The van der Waals surface area contributed by atoms with Crippen molar-refractivity contribution in [1.82, 2.24) is 5.10 Å². The molecule has 0 aliphatic heterocycles. The number of nitrogens with zero attached hydrogens (tertiary/aromatic N) is 1. The lowest BCUT2D eigenvalue weighted by Crippen LogP contribution is -3.00. The molecule has 0 bridgehead atoms. The molecule has 0 aliphatic rings. The predicted octanol–water partition coefficient (Wildman–Crippen LogP) is -0.610. The Labute approximate surface area is 146 Å². The number of H-pyrrole nitrogens is 1. The van der Waals surface area contributed by atoms with Crippen LogP contribution in [0.4, 0.5) is 0 Å². The lowest BCUT2D eigenvalue weighted by atomic mass is 10.0. The van der Waals surface area contributed by atoms with Gasteiger partial charge in [-0.1, -0.05) is 36.4 Å². The molecule has 0 saturated carbocycles. The third kappa shape index (κ3) is 2.61. The van der Waals surface area contributed by atoms with E-state index in [0.29, 0.717) is 16.4 Å². The molecule has 0 saturated heterocycles. The molecule has 0 atom stereocenters. The van der Waals surface area contributed by atoms with Crippen LogP contribution in [-0.2, 0) is 0 Å². The Hall–Kier alpha value is -2.86. The fraction of sp³-hybridized carbons (Fsp3) is 0. The second-order valence-corrected chi connectivity index (χ2v) is 5.14. The van der Waals surface area contributed by atoms with E-state index in [9.17, 15) is 9.59 Å². The van der Waals surface area contributed by atoms with Gasteiger partial charge in [-0.3, -0.25) is 4.79 Å². The number of hydrogen-bond acceptors (Lipinski definition) is 4. The standard InChI is InChI=1S/C18H10N2O3.BrH/c21-17(16-13-7-3-1-6-12(13)10-19-20-16)14-9-11-5-2-4-8-15(11)23-18(14)22;/h1-10H;1H. The van der Waals surface area contributed by atoms with Crippen molar-refractivity contribution in [2.24, 2.45) is 0 Å². The molecular formula is C18H11BrN2O3. The van der Waals surface area contributed by atoms with Gasteiger partial charge < -0.3 is 21.4 Å². The van der Waals surface area contributed by atoms with Crippen molar-refractivity contribution in [2.75, 3.05) is 0 Å². The van der Waals surface area contributed by atoms with Gasteiger partial charge in [0.15, 0.2) is 5.69 Å². The molecule has 24 heavy (non-hydrogen) atoms. The zero-order valence-corrected chi connectivity index (χ0v) is 13.9. The monoisotopic (exact) mass is 382 g/mol. The molecule has 0 amide bonds. The van der Waals surface area contributed by atoms with Gasteiger partial charge in [0.05, 0.1) is 5.39 Å². The van der Waals surface area contributed by atoms with Crippen molar-refractivity contribution >= 4 is 27.5 Å². The van der Waals surface area contributed by atoms with Gasteiger partial charge in [0.2, 0.25) is 12.0 Å². The second kappa shape index (κ2) is 6.33. The number of ketones is 1. The van der Waals surface area contributed by atoms with Crippen LogP contribution in [-0.4, -0.2) is 10.9 Å². The van der Waals surface area contributed by atoms with Crippen LogP contribution in [0.2, 0.25) is 0 Å². The third-order valence-electron chi connectivity index (χ3n) is 3.71. The molecule has 0 aliphatic carbocycles. The van der Waals surface area contributed by atoms with E-state index in [4.69, 9.17) is 4.42 Å². The van der Waals surface area contributed by atoms with Gasteiger partial charge in [-0.2, -0.15) is 0 Å². The highest BCUT2D eigenvalue weighted by molar-refractivity contribution is 6.15. The average Bonchev–Trinajstić information content (AvgIpc) is 2.60. The van der Waals surface area contributed by atoms with E-state index >= 15 is 0 Å². The zero-order valence-electron chi connectivity index (χ0n) is 12.3. The van der Waals surface area contributed by atoms with Crippen LogP contribution in [0.25, 0.3) is 21.7 Å². The van der Waals surface area contributed by atoms with Gasteiger partial charge in [0, 0.05) is 15.9 Å². The number of aromatic nitrogens is 2. The summed E-state index contributed by atoms with van der Waals surface area (Å²) in [5.41, 5.74) is -0.0402. The fourth-order valence-electron chi connectivity index (χ4n) is 2.59. The van der Waals surface area contributed by atoms with Crippen LogP contribution in [0.5, 0.6) is 0 Å². The molecule has 0 unspecified atom stereocenters. The number of aromatic amines is 1. The second-order valence-electron chi connectivity index (χ2n) is 5.14. The first-order valence-electron chi connectivity index (χ1n) is 7.07. The lowest BCUT2D eigenvalue weighted by molar-refractivity contribution is -0.453. The maximum Gasteiger partial charge on any atom is 0.347 e. The average molecular weight is 383 g/mol. The van der Waals surface area contributed by atoms with Gasteiger partial charge in [0.1, 0.15) is 11.1 Å². The molecule has 118 valence electrons. The number of para-hydroxylation sites is 1. The number of fused-ring (bicyclic) bond motifs is 2. The topological polar surface area (TPSA) is 74.3 Å². The Kier molecular flexibility index (Phi) is 4.22. The number of nitrogens with one attached hydrogen (secondary N) is 1. The first-order valence-corrected chi connectivity index (χ1v) is 7.07. The van der Waals surface area contributed by atoms with Crippen LogP contribution in [0.15, 0.2) is 70.0 Å². The van der Waals surface area contributed by atoms with Crippen molar-refractivity contribution in [3.05, 3.63) is 82.5 Å². The van der Waals surface area contributed by atoms with Gasteiger partial charge in [-0.05, 0) is 18.2 Å². The summed E-state index contributed by atoms with van der Waals surface area (Å²) in [7, 11) is 0. The Morgan fingerprint density at radius 3 is 2.54 bits per heavy atom. The first kappa shape index (κ1) is 16.0. The molecule has 5 nitrogen and oxygen atoms in total. The highest BCUT2D eigenvalue weighted by Crippen LogP contribution is 2.18. The molecule has 4 aromatic rings. The lowest BCUT2D eigenvalue weighted by Gasteiger charge is -2.02. The van der Waals surface area contributed by atoms with Crippen molar-refractivity contribution < 1.29 is 31.3 Å². The van der Waals surface area contributed by atoms with E-state index in [1.165, 1.54) is 0 Å². The maximum atomic E-state index is 12.8. The van der Waals surface area contributed by atoms with E-state index in [-0.39, 0.29) is 28.2 Å². The van der Waals surface area contributed by atoms with E-state index in [1.54, 1.807) is 36.5 Å². The van der Waals surface area contributed by atoms with E-state index < -0.39 is 11.4 Å². The molecule has 0 spiro atoms. The van der Waals surface area contributed by atoms with Gasteiger partial charge >= 0.3 is 5.63 Å². The maximum absolute atomic E-state index is 12.8. The Morgan fingerprint density at radius 1 is 1.00 bits per heavy atom. The van der Waals surface area contributed by atoms with Crippen LogP contribution < -0.4 is 27.7 Å². The van der Waals surface area contributed by atoms with Crippen LogP contribution >= 0.6 is 0 Å². The molecule has 2 aromatic heterocycles. The minimum absolute atomic E-state index is 0. The highest BCUT2D eigenvalue weighted by Gasteiger charge is 2.21. The van der Waals surface area contributed by atoms with Crippen LogP contribution in [0, 0.1) is 0 Å². The molecule has 1 N–H and O–H groups in total. The summed E-state index contributed by atoms with van der Waals surface area (Å²) >= 11 is 0. The largest absolute Gasteiger partial charge is 1.00 e. The summed E-state index contributed by atoms with van der Waals surface area (Å²) in [6.45, 7) is 0. The number of benzene rings is 2. The minimum atomic E-state index is -0.663. The van der Waals surface area contributed by atoms with Crippen molar-refractivity contribution in [2.45, 2.75) is 0 Å². The van der Waals surface area contributed by atoms with Crippen LogP contribution in [0.1, 0.15) is 16.1 Å². The first-order chi connectivity index (χ1) is 11.2. The number of carbonyl (C=O) groups excluding carboxylic acids is 1. The molecule has 4 rings (SSSR count). The summed E-state index contributed by atoms with van der Waals surface area (Å²) in [5, 5.41) is 8.98. The van der Waals surface area contributed by atoms with Gasteiger partial charge in [-0.25, -0.2) is 4.79 Å². The van der Waals surface area contributed by atoms with Gasteiger partial charge in [0.25, 0.3) is 0 Å². The van der Waals surface area contributed by atoms with E-state index in [1.807, 2.05) is 24.3 Å². The summed E-state index contributed by atoms with van der Waals surface area (Å²) < 4.78 is 5.23. The van der Waals surface area contributed by atoms with Gasteiger partial charge in [-0.15, -0.1) is 5.10 Å². The number of hydrogen-bond donors (Lipinski definition) is 0. The molecular weight excluding hydrogens is 372 g/mol. The Bertz CT molecular complexity index is 1120. The summed E-state index contributed by atoms with van der Waals surface area (Å²) in [5.74, 6) is -0.461. The number of rotatable bonds is 2. The Morgan fingerprint density at radius 2 is 1.71 bits per heavy atom. The highest BCUT2D eigenvalue weighted by atomic mass is 79.9. The van der Waals surface area contributed by atoms with Crippen LogP contribution in [0.3, 0.4) is 0 Å². The number of carbonyl (C=O) groups is 1. The quantitative estimate of drug-likeness (QED) is 0.342. The predicted molar refractivity (Wildman–Crippen MR) is 84.2 cm³/mol. The zero-order chi connectivity index (χ0) is 15.8. The molecule has 2 heterocycles. The van der Waals surface area contributed by atoms with Crippen molar-refractivity contribution in [1.29, 1.82) is 0 Å². The van der Waals surface area contributed by atoms with Crippen molar-refractivity contribution in [3.63, 3.8) is 0 Å². The SMILES string of the molecule is O=C(c1cc2ccccc2oc1=O)c1n[nH+]cc2ccccc12.[Br-]. The smallest absolute Gasteiger partial charge is 0.347 e.